The fourth-order valence-corrected chi connectivity index (χ4v) is 1.98. The molecule has 0 aliphatic carbocycles. The van der Waals surface area contributed by atoms with Gasteiger partial charge in [0.05, 0.1) is 5.92 Å². The SMILES string of the molecule is CC1CNCC1C(=O)N[C@@H](CCC(N)=O)C(=O)O. The van der Waals surface area contributed by atoms with Gasteiger partial charge in [-0.05, 0) is 18.9 Å². The summed E-state index contributed by atoms with van der Waals surface area (Å²) >= 11 is 0. The zero-order valence-electron chi connectivity index (χ0n) is 10.3. The van der Waals surface area contributed by atoms with Crippen molar-refractivity contribution in [3.8, 4) is 0 Å². The Morgan fingerprint density at radius 3 is 2.56 bits per heavy atom. The summed E-state index contributed by atoms with van der Waals surface area (Å²) in [5, 5.41) is 14.5. The van der Waals surface area contributed by atoms with E-state index in [9.17, 15) is 14.4 Å². The number of nitrogens with one attached hydrogen (secondary N) is 2. The van der Waals surface area contributed by atoms with Crippen LogP contribution in [-0.4, -0.2) is 42.0 Å². The number of carboxylic acids is 1. The fourth-order valence-electron chi connectivity index (χ4n) is 1.98. The van der Waals surface area contributed by atoms with E-state index >= 15 is 0 Å². The van der Waals surface area contributed by atoms with Gasteiger partial charge < -0.3 is 21.5 Å². The minimum absolute atomic E-state index is 0.0188. The van der Waals surface area contributed by atoms with Crippen LogP contribution in [0, 0.1) is 11.8 Å². The molecule has 5 N–H and O–H groups in total. The summed E-state index contributed by atoms with van der Waals surface area (Å²) in [6.45, 7) is 3.23. The summed E-state index contributed by atoms with van der Waals surface area (Å²) in [5.41, 5.74) is 4.96. The van der Waals surface area contributed by atoms with E-state index < -0.39 is 17.9 Å². The lowest BCUT2D eigenvalue weighted by molar-refractivity contribution is -0.142. The second-order valence-corrected chi connectivity index (χ2v) is 4.65. The summed E-state index contributed by atoms with van der Waals surface area (Å²) in [5.74, 6) is -2.06. The zero-order valence-corrected chi connectivity index (χ0v) is 10.3. The van der Waals surface area contributed by atoms with E-state index in [2.05, 4.69) is 10.6 Å². The second kappa shape index (κ2) is 6.34. The van der Waals surface area contributed by atoms with Gasteiger partial charge in [0.1, 0.15) is 6.04 Å². The Bertz CT molecular complexity index is 345. The Kier molecular flexibility index (Phi) is 5.08. The molecule has 0 aromatic carbocycles. The van der Waals surface area contributed by atoms with Gasteiger partial charge in [-0.2, -0.15) is 0 Å². The Morgan fingerprint density at radius 2 is 2.11 bits per heavy atom. The largest absolute Gasteiger partial charge is 0.480 e. The van der Waals surface area contributed by atoms with Gasteiger partial charge in [-0.1, -0.05) is 6.92 Å². The third kappa shape index (κ3) is 3.99. The number of primary amides is 1. The molecule has 1 fully saturated rings. The third-order valence-electron chi connectivity index (χ3n) is 3.15. The van der Waals surface area contributed by atoms with Crippen molar-refractivity contribution in [1.82, 2.24) is 10.6 Å². The number of hydrogen-bond donors (Lipinski definition) is 4. The monoisotopic (exact) mass is 257 g/mol. The summed E-state index contributed by atoms with van der Waals surface area (Å²) in [4.78, 5) is 33.5. The summed E-state index contributed by atoms with van der Waals surface area (Å²) in [6.07, 6.45) is -0.0410. The minimum atomic E-state index is -1.15. The highest BCUT2D eigenvalue weighted by Crippen LogP contribution is 2.16. The average molecular weight is 257 g/mol. The molecule has 18 heavy (non-hydrogen) atoms. The first-order chi connectivity index (χ1) is 8.41. The predicted molar refractivity (Wildman–Crippen MR) is 63.5 cm³/mol. The maximum absolute atomic E-state index is 11.9. The highest BCUT2D eigenvalue weighted by atomic mass is 16.4. The normalized spacial score (nSPS) is 24.5. The van der Waals surface area contributed by atoms with Crippen molar-refractivity contribution in [3.63, 3.8) is 0 Å². The predicted octanol–water partition coefficient (Wildman–Crippen LogP) is -1.32. The summed E-state index contributed by atoms with van der Waals surface area (Å²) in [6, 6.07) is -1.06. The molecule has 1 aliphatic rings. The van der Waals surface area contributed by atoms with Crippen molar-refractivity contribution < 1.29 is 19.5 Å². The van der Waals surface area contributed by atoms with Gasteiger partial charge in [0, 0.05) is 13.0 Å². The maximum Gasteiger partial charge on any atom is 0.326 e. The number of carboxylic acid groups (broad SMARTS) is 1. The third-order valence-corrected chi connectivity index (χ3v) is 3.15. The molecule has 102 valence electrons. The minimum Gasteiger partial charge on any atom is -0.480 e. The molecule has 0 aromatic rings. The molecule has 0 spiro atoms. The lowest BCUT2D eigenvalue weighted by atomic mass is 9.96. The molecule has 3 atom stereocenters. The van der Waals surface area contributed by atoms with Gasteiger partial charge in [-0.15, -0.1) is 0 Å². The van der Waals surface area contributed by atoms with Gasteiger partial charge in [0.2, 0.25) is 11.8 Å². The van der Waals surface area contributed by atoms with Crippen LogP contribution in [0.15, 0.2) is 0 Å². The van der Waals surface area contributed by atoms with Crippen LogP contribution >= 0.6 is 0 Å². The quantitative estimate of drug-likeness (QED) is 0.470. The van der Waals surface area contributed by atoms with Crippen LogP contribution in [0.1, 0.15) is 19.8 Å². The van der Waals surface area contributed by atoms with Crippen molar-refractivity contribution in [1.29, 1.82) is 0 Å². The molecule has 0 bridgehead atoms. The van der Waals surface area contributed by atoms with Crippen molar-refractivity contribution in [2.24, 2.45) is 17.6 Å². The van der Waals surface area contributed by atoms with Crippen LogP contribution < -0.4 is 16.4 Å². The molecular formula is C11H19N3O4. The first kappa shape index (κ1) is 14.4. The molecule has 1 heterocycles. The summed E-state index contributed by atoms with van der Waals surface area (Å²) < 4.78 is 0. The smallest absolute Gasteiger partial charge is 0.326 e. The molecule has 0 aromatic heterocycles. The van der Waals surface area contributed by atoms with Crippen molar-refractivity contribution in [3.05, 3.63) is 0 Å². The Labute approximate surface area is 105 Å². The molecule has 1 aliphatic heterocycles. The Morgan fingerprint density at radius 1 is 1.44 bits per heavy atom. The first-order valence-corrected chi connectivity index (χ1v) is 5.94. The molecule has 0 saturated carbocycles. The molecule has 1 saturated heterocycles. The molecule has 0 radical (unpaired) electrons. The number of aliphatic carboxylic acids is 1. The van der Waals surface area contributed by atoms with E-state index in [1.807, 2.05) is 6.92 Å². The standard InChI is InChI=1S/C11H19N3O4/c1-6-4-13-5-7(6)10(16)14-8(11(17)18)2-3-9(12)15/h6-8,13H,2-5H2,1H3,(H2,12,15)(H,14,16)(H,17,18)/t6?,7?,8-/m0/s1. The topological polar surface area (TPSA) is 122 Å². The van der Waals surface area contributed by atoms with E-state index in [0.29, 0.717) is 6.54 Å². The van der Waals surface area contributed by atoms with Crippen LogP contribution in [0.2, 0.25) is 0 Å². The van der Waals surface area contributed by atoms with Crippen LogP contribution in [0.4, 0.5) is 0 Å². The fraction of sp³-hybridized carbons (Fsp3) is 0.727. The molecule has 2 unspecified atom stereocenters. The number of carbonyl (C=O) groups is 3. The average Bonchev–Trinajstić information content (AvgIpc) is 2.69. The van der Waals surface area contributed by atoms with Gasteiger partial charge in [-0.3, -0.25) is 9.59 Å². The number of nitrogens with two attached hydrogens (primary N) is 1. The Hall–Kier alpha value is -1.63. The summed E-state index contributed by atoms with van der Waals surface area (Å²) in [7, 11) is 0. The van der Waals surface area contributed by atoms with E-state index in [1.54, 1.807) is 0 Å². The van der Waals surface area contributed by atoms with E-state index in [4.69, 9.17) is 10.8 Å². The highest BCUT2D eigenvalue weighted by molar-refractivity contribution is 5.86. The lowest BCUT2D eigenvalue weighted by Gasteiger charge is -2.18. The van der Waals surface area contributed by atoms with Gasteiger partial charge in [0.25, 0.3) is 0 Å². The Balaban J connectivity index is 2.52. The van der Waals surface area contributed by atoms with E-state index in [-0.39, 0.29) is 30.6 Å². The molecular weight excluding hydrogens is 238 g/mol. The molecule has 7 nitrogen and oxygen atoms in total. The van der Waals surface area contributed by atoms with Crippen molar-refractivity contribution in [2.75, 3.05) is 13.1 Å². The number of carbonyl (C=O) groups excluding carboxylic acids is 2. The molecule has 2 amide bonds. The van der Waals surface area contributed by atoms with Crippen molar-refractivity contribution in [2.45, 2.75) is 25.8 Å². The molecule has 7 heteroatoms. The van der Waals surface area contributed by atoms with Gasteiger partial charge >= 0.3 is 5.97 Å². The van der Waals surface area contributed by atoms with Crippen molar-refractivity contribution >= 4 is 17.8 Å². The number of hydrogen-bond acceptors (Lipinski definition) is 4. The van der Waals surface area contributed by atoms with Crippen LogP contribution in [0.25, 0.3) is 0 Å². The maximum atomic E-state index is 11.9. The first-order valence-electron chi connectivity index (χ1n) is 5.94. The van der Waals surface area contributed by atoms with Gasteiger partial charge in [-0.25, -0.2) is 4.79 Å². The zero-order chi connectivity index (χ0) is 13.7. The second-order valence-electron chi connectivity index (χ2n) is 4.65. The van der Waals surface area contributed by atoms with Gasteiger partial charge in [0.15, 0.2) is 0 Å². The van der Waals surface area contributed by atoms with Crippen LogP contribution in [-0.2, 0) is 14.4 Å². The highest BCUT2D eigenvalue weighted by Gasteiger charge is 2.32. The van der Waals surface area contributed by atoms with E-state index in [0.717, 1.165) is 6.54 Å². The number of rotatable bonds is 6. The van der Waals surface area contributed by atoms with Crippen LogP contribution in [0.3, 0.4) is 0 Å². The van der Waals surface area contributed by atoms with E-state index in [1.165, 1.54) is 0 Å². The lowest BCUT2D eigenvalue weighted by Crippen LogP contribution is -2.45. The number of amides is 2. The van der Waals surface area contributed by atoms with Crippen LogP contribution in [0.5, 0.6) is 0 Å². The molecule has 1 rings (SSSR count).